The third kappa shape index (κ3) is 7.34. The zero-order chi connectivity index (χ0) is 22.6. The molecule has 168 valence electrons. The molecule has 3 rings (SSSR count). The number of benzene rings is 1. The van der Waals surface area contributed by atoms with Crippen LogP contribution in [0.25, 0.3) is 0 Å². The highest BCUT2D eigenvalue weighted by Gasteiger charge is 2.11. The zero-order valence-corrected chi connectivity index (χ0v) is 19.2. The van der Waals surface area contributed by atoms with Crippen molar-refractivity contribution in [3.63, 3.8) is 0 Å². The van der Waals surface area contributed by atoms with Crippen molar-refractivity contribution in [1.82, 2.24) is 15.0 Å². The lowest BCUT2D eigenvalue weighted by molar-refractivity contribution is 0.307. The van der Waals surface area contributed by atoms with Gasteiger partial charge in [-0.15, -0.1) is 0 Å². The number of pyridine rings is 1. The minimum atomic E-state index is 0.493. The predicted molar refractivity (Wildman–Crippen MR) is 131 cm³/mol. The smallest absolute Gasteiger partial charge is 0.219 e. The number of aryl methyl sites for hydroxylation is 1. The normalized spacial score (nSPS) is 11.0. The van der Waals surface area contributed by atoms with Gasteiger partial charge in [0.15, 0.2) is 5.82 Å². The van der Waals surface area contributed by atoms with Crippen LogP contribution in [0.2, 0.25) is 0 Å². The molecular weight excluding hydrogens is 400 g/mol. The molecule has 2 heterocycles. The minimum absolute atomic E-state index is 0.493. The zero-order valence-electron chi connectivity index (χ0n) is 19.2. The largest absolute Gasteiger partial charge is 0.477 e. The van der Waals surface area contributed by atoms with Crippen LogP contribution in [0.15, 0.2) is 59.8 Å². The van der Waals surface area contributed by atoms with E-state index in [1.54, 1.807) is 12.4 Å². The summed E-state index contributed by atoms with van der Waals surface area (Å²) in [5.74, 6) is 1.90. The summed E-state index contributed by atoms with van der Waals surface area (Å²) in [4.78, 5) is 15.9. The molecule has 1 aromatic carbocycles. The summed E-state index contributed by atoms with van der Waals surface area (Å²) >= 11 is 0. The molecule has 2 aromatic heterocycles. The van der Waals surface area contributed by atoms with Gasteiger partial charge in [-0.25, -0.2) is 4.98 Å². The molecular formula is C25H32N6O. The van der Waals surface area contributed by atoms with E-state index >= 15 is 0 Å². The van der Waals surface area contributed by atoms with Gasteiger partial charge < -0.3 is 9.64 Å². The van der Waals surface area contributed by atoms with Crippen molar-refractivity contribution in [1.29, 1.82) is 0 Å². The number of hydrogen-bond acceptors (Lipinski definition) is 7. The van der Waals surface area contributed by atoms with E-state index in [-0.39, 0.29) is 0 Å². The summed E-state index contributed by atoms with van der Waals surface area (Å²) in [7, 11) is 0. The van der Waals surface area contributed by atoms with Gasteiger partial charge >= 0.3 is 0 Å². The molecule has 0 saturated heterocycles. The topological polar surface area (TPSA) is 75.5 Å². The van der Waals surface area contributed by atoms with E-state index in [1.165, 1.54) is 5.56 Å². The van der Waals surface area contributed by atoms with Crippen LogP contribution in [-0.4, -0.2) is 40.9 Å². The average Bonchev–Trinajstić information content (AvgIpc) is 2.80. The molecule has 0 spiro atoms. The number of aromatic nitrogens is 3. The molecule has 0 amide bonds. The first-order valence-electron chi connectivity index (χ1n) is 11.2. The van der Waals surface area contributed by atoms with Crippen LogP contribution in [0.4, 0.5) is 11.5 Å². The average molecular weight is 433 g/mol. The van der Waals surface area contributed by atoms with Gasteiger partial charge in [-0.05, 0) is 49.6 Å². The van der Waals surface area contributed by atoms with Gasteiger partial charge in [-0.2, -0.15) is 10.1 Å². The summed E-state index contributed by atoms with van der Waals surface area (Å²) in [5, 5.41) is 4.33. The third-order valence-electron chi connectivity index (χ3n) is 4.74. The maximum atomic E-state index is 5.98. The van der Waals surface area contributed by atoms with Crippen molar-refractivity contribution >= 4 is 17.7 Å². The molecule has 0 fully saturated rings. The molecule has 0 unspecified atom stereocenters. The monoisotopic (exact) mass is 432 g/mol. The molecule has 0 aliphatic heterocycles. The van der Waals surface area contributed by atoms with Crippen LogP contribution < -0.4 is 15.1 Å². The van der Waals surface area contributed by atoms with Crippen molar-refractivity contribution < 1.29 is 4.74 Å². The molecule has 0 aliphatic carbocycles. The number of rotatable bonds is 12. The lowest BCUT2D eigenvalue weighted by atomic mass is 10.2. The van der Waals surface area contributed by atoms with Crippen molar-refractivity contribution in [3.8, 4) is 5.88 Å². The molecule has 1 N–H and O–H groups in total. The van der Waals surface area contributed by atoms with Gasteiger partial charge in [0.2, 0.25) is 5.88 Å². The Morgan fingerprint density at radius 3 is 2.59 bits per heavy atom. The fraction of sp³-hybridized carbons (Fsp3) is 0.360. The maximum absolute atomic E-state index is 5.98. The van der Waals surface area contributed by atoms with E-state index in [1.807, 2.05) is 55.5 Å². The second-order valence-electron chi connectivity index (χ2n) is 7.57. The van der Waals surface area contributed by atoms with Gasteiger partial charge in [0.05, 0.1) is 18.5 Å². The number of ether oxygens (including phenoxy) is 1. The van der Waals surface area contributed by atoms with Gasteiger partial charge in [-0.3, -0.25) is 10.4 Å². The van der Waals surface area contributed by atoms with Crippen LogP contribution in [0, 0.1) is 6.92 Å². The second-order valence-corrected chi connectivity index (χ2v) is 7.57. The predicted octanol–water partition coefficient (Wildman–Crippen LogP) is 4.87. The number of hydrogen-bond donors (Lipinski definition) is 1. The minimum Gasteiger partial charge on any atom is -0.477 e. The molecule has 0 radical (unpaired) electrons. The highest BCUT2D eigenvalue weighted by atomic mass is 16.5. The number of nitrogens with one attached hydrogen (secondary N) is 1. The first-order chi connectivity index (χ1) is 15.7. The van der Waals surface area contributed by atoms with Gasteiger partial charge in [0, 0.05) is 37.5 Å². The molecule has 0 saturated carbocycles. The lowest BCUT2D eigenvalue weighted by Crippen LogP contribution is -2.26. The van der Waals surface area contributed by atoms with Crippen molar-refractivity contribution in [3.05, 3.63) is 71.8 Å². The SMILES string of the molecule is CCCN(CCC)c1cc(OCCc2ccccn2)nc(/C=N/Nc2cccc(C)c2)n1. The summed E-state index contributed by atoms with van der Waals surface area (Å²) in [6.45, 7) is 8.73. The molecule has 0 atom stereocenters. The van der Waals surface area contributed by atoms with Crippen LogP contribution in [-0.2, 0) is 6.42 Å². The first kappa shape index (κ1) is 23.2. The number of hydrazone groups is 1. The molecule has 0 bridgehead atoms. The van der Waals surface area contributed by atoms with E-state index < -0.39 is 0 Å². The Kier molecular flexibility index (Phi) is 8.98. The van der Waals surface area contributed by atoms with Crippen LogP contribution >= 0.6 is 0 Å². The molecule has 3 aromatic rings. The van der Waals surface area contributed by atoms with E-state index in [9.17, 15) is 0 Å². The van der Waals surface area contributed by atoms with E-state index in [0.717, 1.165) is 43.1 Å². The molecule has 7 nitrogen and oxygen atoms in total. The Hall–Kier alpha value is -3.48. The summed E-state index contributed by atoms with van der Waals surface area (Å²) < 4.78 is 5.98. The van der Waals surface area contributed by atoms with Crippen molar-refractivity contribution in [2.75, 3.05) is 30.0 Å². The Morgan fingerprint density at radius 2 is 1.88 bits per heavy atom. The molecule has 7 heteroatoms. The highest BCUT2D eigenvalue weighted by molar-refractivity contribution is 5.76. The quantitative estimate of drug-likeness (QED) is 0.325. The van der Waals surface area contributed by atoms with Crippen LogP contribution in [0.3, 0.4) is 0 Å². The van der Waals surface area contributed by atoms with Crippen LogP contribution in [0.5, 0.6) is 5.88 Å². The summed E-state index contributed by atoms with van der Waals surface area (Å²) in [6.07, 6.45) is 6.22. The second kappa shape index (κ2) is 12.4. The van der Waals surface area contributed by atoms with Crippen molar-refractivity contribution in [2.45, 2.75) is 40.0 Å². The summed E-state index contributed by atoms with van der Waals surface area (Å²) in [5.41, 5.74) is 6.12. The maximum Gasteiger partial charge on any atom is 0.219 e. The first-order valence-corrected chi connectivity index (χ1v) is 11.2. The van der Waals surface area contributed by atoms with Crippen LogP contribution in [0.1, 0.15) is 43.8 Å². The van der Waals surface area contributed by atoms with E-state index in [4.69, 9.17) is 9.72 Å². The van der Waals surface area contributed by atoms with Crippen molar-refractivity contribution in [2.24, 2.45) is 5.10 Å². The van der Waals surface area contributed by atoms with E-state index in [2.05, 4.69) is 39.2 Å². The number of nitrogens with zero attached hydrogens (tertiary/aromatic N) is 5. The van der Waals surface area contributed by atoms with Gasteiger partial charge in [0.25, 0.3) is 0 Å². The lowest BCUT2D eigenvalue weighted by Gasteiger charge is -2.23. The van der Waals surface area contributed by atoms with Gasteiger partial charge in [-0.1, -0.05) is 32.0 Å². The molecule has 0 aliphatic rings. The summed E-state index contributed by atoms with van der Waals surface area (Å²) in [6, 6.07) is 15.8. The molecule has 32 heavy (non-hydrogen) atoms. The Morgan fingerprint density at radius 1 is 1.03 bits per heavy atom. The van der Waals surface area contributed by atoms with E-state index in [0.29, 0.717) is 24.7 Å². The Balaban J connectivity index is 1.76. The van der Waals surface area contributed by atoms with Gasteiger partial charge in [0.1, 0.15) is 5.82 Å². The standard InChI is InChI=1S/C25H32N6O/c1-4-14-31(15-5-2)24-18-25(32-16-12-21-10-6-7-13-26-21)29-23(28-24)19-27-30-22-11-8-9-20(3)17-22/h6-11,13,17-19,30H,4-5,12,14-16H2,1-3H3/b27-19+. The fourth-order valence-electron chi connectivity index (χ4n) is 3.29. The Bertz CT molecular complexity index is 987. The Labute approximate surface area is 190 Å². The fourth-order valence-corrected chi connectivity index (χ4v) is 3.29. The number of anilines is 2. The highest BCUT2D eigenvalue weighted by Crippen LogP contribution is 2.19. The third-order valence-corrected chi connectivity index (χ3v) is 4.74.